The van der Waals surface area contributed by atoms with E-state index in [1.807, 2.05) is 29.2 Å². The molecule has 1 saturated heterocycles. The van der Waals surface area contributed by atoms with Crippen LogP contribution in [0.25, 0.3) is 0 Å². The molecule has 1 aliphatic heterocycles. The largest absolute Gasteiger partial charge is 0.373 e. The molecule has 0 spiro atoms. The van der Waals surface area contributed by atoms with Gasteiger partial charge in [0.05, 0.1) is 6.54 Å². The lowest BCUT2D eigenvalue weighted by atomic mass is 10.1. The monoisotopic (exact) mass is 347 g/mol. The fraction of sp³-hybridized carbons (Fsp3) is 0.412. The zero-order valence-corrected chi connectivity index (χ0v) is 14.5. The zero-order valence-electron chi connectivity index (χ0n) is 13.7. The normalized spacial score (nSPS) is 14.7. The highest BCUT2D eigenvalue weighted by Gasteiger charge is 2.23. The van der Waals surface area contributed by atoms with E-state index in [9.17, 15) is 4.79 Å². The second-order valence-corrected chi connectivity index (χ2v) is 6.45. The third-order valence-corrected chi connectivity index (χ3v) is 4.64. The molecule has 0 atom stereocenters. The molecule has 0 unspecified atom stereocenters. The number of H-pyrrole nitrogens is 1. The molecule has 3 N–H and O–H groups in total. The molecule has 2 aromatic rings. The lowest BCUT2D eigenvalue weighted by Crippen LogP contribution is -2.38. The predicted molar refractivity (Wildman–Crippen MR) is 97.4 cm³/mol. The number of anilines is 1. The van der Waals surface area contributed by atoms with Crippen molar-refractivity contribution in [3.05, 3.63) is 51.0 Å². The molecule has 3 rings (SSSR count). The SMILES string of the molecule is CNc1[nH]c(=O)n(Cc2ccc(Cl)cc2)c1C(=N)N1CCCCC1. The molecule has 0 radical (unpaired) electrons. The van der Waals surface area contributed by atoms with Crippen LogP contribution in [0.15, 0.2) is 29.1 Å². The summed E-state index contributed by atoms with van der Waals surface area (Å²) < 4.78 is 1.62. The number of nitrogens with one attached hydrogen (secondary N) is 3. The number of rotatable bonds is 4. The molecule has 24 heavy (non-hydrogen) atoms. The van der Waals surface area contributed by atoms with Crippen LogP contribution in [0, 0.1) is 5.41 Å². The van der Waals surface area contributed by atoms with E-state index in [0.29, 0.717) is 28.9 Å². The first-order chi connectivity index (χ1) is 11.6. The van der Waals surface area contributed by atoms with Gasteiger partial charge >= 0.3 is 5.69 Å². The molecule has 0 bridgehead atoms. The van der Waals surface area contributed by atoms with E-state index in [-0.39, 0.29) is 5.69 Å². The van der Waals surface area contributed by atoms with Crippen LogP contribution in [0.1, 0.15) is 30.5 Å². The summed E-state index contributed by atoms with van der Waals surface area (Å²) in [5.74, 6) is 0.982. The Bertz CT molecular complexity index is 771. The van der Waals surface area contributed by atoms with E-state index in [2.05, 4.69) is 10.3 Å². The molecule has 1 aromatic carbocycles. The molecule has 0 saturated carbocycles. The topological polar surface area (TPSA) is 76.9 Å². The van der Waals surface area contributed by atoms with Crippen LogP contribution in [0.3, 0.4) is 0 Å². The number of likely N-dealkylation sites (tertiary alicyclic amines) is 1. The molecule has 7 heteroatoms. The van der Waals surface area contributed by atoms with Gasteiger partial charge < -0.3 is 10.2 Å². The molecular weight excluding hydrogens is 326 g/mol. The summed E-state index contributed by atoms with van der Waals surface area (Å²) >= 11 is 5.93. The van der Waals surface area contributed by atoms with Gasteiger partial charge in [-0.3, -0.25) is 15.0 Å². The molecule has 1 fully saturated rings. The molecule has 128 valence electrons. The lowest BCUT2D eigenvalue weighted by molar-refractivity contribution is 0.339. The van der Waals surface area contributed by atoms with E-state index < -0.39 is 0 Å². The van der Waals surface area contributed by atoms with Crippen molar-refractivity contribution in [3.63, 3.8) is 0 Å². The van der Waals surface area contributed by atoms with Crippen molar-refractivity contribution in [2.45, 2.75) is 25.8 Å². The Morgan fingerprint density at radius 1 is 1.25 bits per heavy atom. The van der Waals surface area contributed by atoms with Crippen LogP contribution in [0.2, 0.25) is 5.02 Å². The van der Waals surface area contributed by atoms with Crippen molar-refractivity contribution < 1.29 is 0 Å². The Morgan fingerprint density at radius 2 is 1.92 bits per heavy atom. The standard InChI is InChI=1S/C17H22ClN5O/c1-20-16-14(15(19)22-9-3-2-4-10-22)23(17(24)21-16)11-12-5-7-13(18)8-6-12/h5-8,19-20H,2-4,9-11H2,1H3,(H,21,24). The number of piperidine rings is 1. The summed E-state index contributed by atoms with van der Waals surface area (Å²) in [5.41, 5.74) is 1.36. The first-order valence-electron chi connectivity index (χ1n) is 8.19. The molecule has 0 amide bonds. The second-order valence-electron chi connectivity index (χ2n) is 6.01. The maximum atomic E-state index is 12.4. The average Bonchev–Trinajstić information content (AvgIpc) is 2.93. The van der Waals surface area contributed by atoms with Crippen LogP contribution in [-0.4, -0.2) is 40.4 Å². The highest BCUT2D eigenvalue weighted by molar-refractivity contribution is 6.30. The molecule has 1 aliphatic rings. The predicted octanol–water partition coefficient (Wildman–Crippen LogP) is 2.73. The highest BCUT2D eigenvalue weighted by Crippen LogP contribution is 2.19. The van der Waals surface area contributed by atoms with Gasteiger partial charge in [-0.2, -0.15) is 0 Å². The minimum absolute atomic E-state index is 0.217. The summed E-state index contributed by atoms with van der Waals surface area (Å²) in [7, 11) is 1.75. The van der Waals surface area contributed by atoms with Crippen molar-refractivity contribution in [1.29, 1.82) is 5.41 Å². The van der Waals surface area contributed by atoms with Gasteiger partial charge in [0.15, 0.2) is 0 Å². The van der Waals surface area contributed by atoms with Crippen molar-refractivity contribution in [3.8, 4) is 0 Å². The Hall–Kier alpha value is -2.21. The second kappa shape index (κ2) is 7.13. The summed E-state index contributed by atoms with van der Waals surface area (Å²) in [6.07, 6.45) is 3.37. The van der Waals surface area contributed by atoms with Crippen LogP contribution >= 0.6 is 11.6 Å². The highest BCUT2D eigenvalue weighted by atomic mass is 35.5. The average molecular weight is 348 g/mol. The molecule has 0 aliphatic carbocycles. The zero-order chi connectivity index (χ0) is 17.1. The fourth-order valence-corrected chi connectivity index (χ4v) is 3.21. The van der Waals surface area contributed by atoms with Gasteiger partial charge in [0, 0.05) is 25.2 Å². The van der Waals surface area contributed by atoms with Gasteiger partial charge in [0.1, 0.15) is 17.3 Å². The number of benzene rings is 1. The van der Waals surface area contributed by atoms with Crippen LogP contribution in [0.4, 0.5) is 5.82 Å². The fourth-order valence-electron chi connectivity index (χ4n) is 3.09. The quantitative estimate of drug-likeness (QED) is 0.588. The first-order valence-corrected chi connectivity index (χ1v) is 8.57. The third-order valence-electron chi connectivity index (χ3n) is 4.38. The van der Waals surface area contributed by atoms with E-state index in [1.165, 1.54) is 6.42 Å². The summed E-state index contributed by atoms with van der Waals surface area (Å²) in [5, 5.41) is 12.3. The number of aromatic nitrogens is 2. The molecule has 2 heterocycles. The van der Waals surface area contributed by atoms with Crippen molar-refractivity contribution in [1.82, 2.24) is 14.5 Å². The number of aromatic amines is 1. The van der Waals surface area contributed by atoms with Crippen molar-refractivity contribution in [2.75, 3.05) is 25.5 Å². The Morgan fingerprint density at radius 3 is 2.54 bits per heavy atom. The van der Waals surface area contributed by atoms with Gasteiger partial charge in [-0.1, -0.05) is 23.7 Å². The van der Waals surface area contributed by atoms with Crippen LogP contribution < -0.4 is 11.0 Å². The van der Waals surface area contributed by atoms with Crippen molar-refractivity contribution in [2.24, 2.45) is 0 Å². The number of nitrogens with zero attached hydrogens (tertiary/aromatic N) is 2. The van der Waals surface area contributed by atoms with Gasteiger partial charge in [0.25, 0.3) is 0 Å². The molecular formula is C17H22ClN5O. The van der Waals surface area contributed by atoms with Gasteiger partial charge in [-0.25, -0.2) is 4.79 Å². The number of amidine groups is 1. The summed E-state index contributed by atoms with van der Waals surface area (Å²) in [6, 6.07) is 7.41. The molecule has 6 nitrogen and oxygen atoms in total. The van der Waals surface area contributed by atoms with Crippen molar-refractivity contribution >= 4 is 23.3 Å². The van der Waals surface area contributed by atoms with E-state index >= 15 is 0 Å². The van der Waals surface area contributed by atoms with Crippen LogP contribution in [0.5, 0.6) is 0 Å². The maximum absolute atomic E-state index is 12.4. The Labute approximate surface area is 146 Å². The van der Waals surface area contributed by atoms with Gasteiger partial charge in [0.2, 0.25) is 0 Å². The lowest BCUT2D eigenvalue weighted by Gasteiger charge is -2.29. The Kier molecular flexibility index (Phi) is 4.94. The third kappa shape index (κ3) is 3.33. The number of halogens is 1. The van der Waals surface area contributed by atoms with E-state index in [4.69, 9.17) is 17.0 Å². The maximum Gasteiger partial charge on any atom is 0.328 e. The number of hydrogen-bond acceptors (Lipinski definition) is 3. The Balaban J connectivity index is 1.96. The van der Waals surface area contributed by atoms with Gasteiger partial charge in [-0.15, -0.1) is 0 Å². The molecule has 1 aromatic heterocycles. The smallest absolute Gasteiger partial charge is 0.328 e. The van der Waals surface area contributed by atoms with Gasteiger partial charge in [-0.05, 0) is 37.0 Å². The van der Waals surface area contributed by atoms with E-state index in [1.54, 1.807) is 11.6 Å². The summed E-state index contributed by atoms with van der Waals surface area (Å²) in [6.45, 7) is 2.13. The minimum Gasteiger partial charge on any atom is -0.373 e. The number of hydrogen-bond donors (Lipinski definition) is 3. The number of imidazole rings is 1. The summed E-state index contributed by atoms with van der Waals surface area (Å²) in [4.78, 5) is 17.3. The minimum atomic E-state index is -0.217. The first kappa shape index (κ1) is 16.6. The van der Waals surface area contributed by atoms with E-state index in [0.717, 1.165) is 31.5 Å². The van der Waals surface area contributed by atoms with Crippen LogP contribution in [-0.2, 0) is 6.54 Å².